The molecule has 3 unspecified atom stereocenters. The van der Waals surface area contributed by atoms with Gasteiger partial charge in [0, 0.05) is 31.5 Å². The number of benzene rings is 1. The number of piperidine rings is 1. The molecule has 0 N–H and O–H groups in total. The van der Waals surface area contributed by atoms with Crippen molar-refractivity contribution in [2.75, 3.05) is 6.54 Å². The van der Waals surface area contributed by atoms with Crippen molar-refractivity contribution in [1.29, 1.82) is 0 Å². The molecule has 2 nitrogen and oxygen atoms in total. The highest BCUT2D eigenvalue weighted by Crippen LogP contribution is 2.36. The molecule has 0 spiro atoms. The Kier molecular flexibility index (Phi) is 3.77. The lowest BCUT2D eigenvalue weighted by molar-refractivity contribution is 0.0766. The first-order valence-corrected chi connectivity index (χ1v) is 8.24. The molecule has 0 radical (unpaired) electrons. The molecule has 0 amide bonds. The van der Waals surface area contributed by atoms with Crippen molar-refractivity contribution >= 4 is 0 Å². The molecule has 3 heterocycles. The molecule has 112 valence electrons. The molecule has 0 saturated carbocycles. The van der Waals surface area contributed by atoms with E-state index in [1.807, 2.05) is 18.5 Å². The van der Waals surface area contributed by atoms with Crippen molar-refractivity contribution in [2.45, 2.75) is 25.4 Å². The molecule has 22 heavy (non-hydrogen) atoms. The Balaban J connectivity index is 1.50. The third-order valence-corrected chi connectivity index (χ3v) is 5.01. The molecule has 2 bridgehead atoms. The smallest absolute Gasteiger partial charge is 0.0313 e. The normalized spacial score (nSPS) is 27.2. The van der Waals surface area contributed by atoms with Gasteiger partial charge in [0.1, 0.15) is 0 Å². The highest BCUT2D eigenvalue weighted by molar-refractivity contribution is 5.19. The molecule has 1 fully saturated rings. The van der Waals surface area contributed by atoms with Gasteiger partial charge in [0.2, 0.25) is 0 Å². The second-order valence-corrected chi connectivity index (χ2v) is 6.61. The maximum absolute atomic E-state index is 4.27. The summed E-state index contributed by atoms with van der Waals surface area (Å²) in [5, 5.41) is 0. The Labute approximate surface area is 132 Å². The van der Waals surface area contributed by atoms with Gasteiger partial charge in [0.15, 0.2) is 0 Å². The van der Waals surface area contributed by atoms with Gasteiger partial charge in [0.05, 0.1) is 0 Å². The second kappa shape index (κ2) is 6.05. The van der Waals surface area contributed by atoms with E-state index in [9.17, 15) is 0 Å². The van der Waals surface area contributed by atoms with Gasteiger partial charge in [-0.25, -0.2) is 0 Å². The van der Waals surface area contributed by atoms with Gasteiger partial charge in [-0.3, -0.25) is 9.88 Å². The quantitative estimate of drug-likeness (QED) is 0.798. The fourth-order valence-electron chi connectivity index (χ4n) is 4.03. The molecule has 1 saturated heterocycles. The number of pyridine rings is 1. The molecule has 1 aliphatic carbocycles. The first-order valence-electron chi connectivity index (χ1n) is 8.24. The largest absolute Gasteiger partial charge is 0.292 e. The summed E-state index contributed by atoms with van der Waals surface area (Å²) in [4.78, 5) is 6.92. The first kappa shape index (κ1) is 13.7. The van der Waals surface area contributed by atoms with Gasteiger partial charge >= 0.3 is 0 Å². The van der Waals surface area contributed by atoms with Crippen LogP contribution in [0.5, 0.6) is 0 Å². The van der Waals surface area contributed by atoms with Gasteiger partial charge in [-0.1, -0.05) is 48.6 Å². The monoisotopic (exact) mass is 290 g/mol. The Morgan fingerprint density at radius 1 is 1.00 bits per heavy atom. The third kappa shape index (κ3) is 2.84. The lowest BCUT2D eigenvalue weighted by Gasteiger charge is -2.46. The van der Waals surface area contributed by atoms with Crippen LogP contribution in [0.4, 0.5) is 0 Å². The predicted octanol–water partition coefficient (Wildman–Crippen LogP) is 3.70. The molecule has 2 aromatic rings. The number of nitrogens with zero attached hydrogens (tertiary/aromatic N) is 2. The average Bonchev–Trinajstić information content (AvgIpc) is 2.57. The Hall–Kier alpha value is -1.93. The summed E-state index contributed by atoms with van der Waals surface area (Å²) < 4.78 is 0. The van der Waals surface area contributed by atoms with Crippen molar-refractivity contribution in [1.82, 2.24) is 9.88 Å². The Bertz CT molecular complexity index is 584. The van der Waals surface area contributed by atoms with Crippen LogP contribution >= 0.6 is 0 Å². The van der Waals surface area contributed by atoms with Crippen molar-refractivity contribution < 1.29 is 0 Å². The molecule has 2 aliphatic heterocycles. The molecular formula is C20H22N2. The van der Waals surface area contributed by atoms with Crippen LogP contribution in [-0.2, 0) is 13.0 Å². The summed E-state index contributed by atoms with van der Waals surface area (Å²) in [6.45, 7) is 2.27. The van der Waals surface area contributed by atoms with Gasteiger partial charge in [-0.05, 0) is 41.9 Å². The van der Waals surface area contributed by atoms with Crippen LogP contribution in [0.3, 0.4) is 0 Å². The van der Waals surface area contributed by atoms with Gasteiger partial charge in [-0.15, -0.1) is 0 Å². The Morgan fingerprint density at radius 2 is 1.86 bits per heavy atom. The Morgan fingerprint density at radius 3 is 2.64 bits per heavy atom. The van der Waals surface area contributed by atoms with Crippen molar-refractivity contribution in [3.05, 3.63) is 78.1 Å². The summed E-state index contributed by atoms with van der Waals surface area (Å²) in [5.41, 5.74) is 2.79. The number of hydrogen-bond acceptors (Lipinski definition) is 2. The number of aromatic nitrogens is 1. The highest BCUT2D eigenvalue weighted by atomic mass is 15.2. The van der Waals surface area contributed by atoms with Crippen LogP contribution in [0.25, 0.3) is 0 Å². The van der Waals surface area contributed by atoms with Crippen molar-refractivity contribution in [3.63, 3.8) is 0 Å². The van der Waals surface area contributed by atoms with Gasteiger partial charge in [-0.2, -0.15) is 0 Å². The number of rotatable bonds is 4. The maximum Gasteiger partial charge on any atom is 0.0313 e. The molecule has 1 aromatic carbocycles. The van der Waals surface area contributed by atoms with Crippen LogP contribution in [0.15, 0.2) is 67.0 Å². The van der Waals surface area contributed by atoms with Crippen LogP contribution in [-0.4, -0.2) is 22.5 Å². The van der Waals surface area contributed by atoms with Gasteiger partial charge < -0.3 is 0 Å². The lowest BCUT2D eigenvalue weighted by atomic mass is 9.75. The number of fused-ring (bicyclic) bond motifs is 2. The standard InChI is InChI=1S/C20H22N2/c1-2-5-16(6-3-1)14-22-15-18-8-9-20(22)19(12-18)11-17-7-4-10-21-13-17/h1-10,13,18-20H,11-12,14-15H2. The van der Waals surface area contributed by atoms with Gasteiger partial charge in [0.25, 0.3) is 0 Å². The van der Waals surface area contributed by atoms with E-state index in [1.54, 1.807) is 0 Å². The van der Waals surface area contributed by atoms with Crippen LogP contribution in [0.1, 0.15) is 17.5 Å². The van der Waals surface area contributed by atoms with E-state index in [0.717, 1.165) is 24.8 Å². The van der Waals surface area contributed by atoms with Crippen LogP contribution in [0, 0.1) is 11.8 Å². The van der Waals surface area contributed by atoms with E-state index in [0.29, 0.717) is 6.04 Å². The molecule has 2 heteroatoms. The minimum absolute atomic E-state index is 0.574. The van der Waals surface area contributed by atoms with E-state index in [1.165, 1.54) is 24.1 Å². The lowest BCUT2D eigenvalue weighted by Crippen LogP contribution is -2.50. The topological polar surface area (TPSA) is 16.1 Å². The minimum Gasteiger partial charge on any atom is -0.292 e. The summed E-state index contributed by atoms with van der Waals surface area (Å²) in [5.74, 6) is 1.44. The zero-order chi connectivity index (χ0) is 14.8. The van der Waals surface area contributed by atoms with Crippen LogP contribution < -0.4 is 0 Å². The minimum atomic E-state index is 0.574. The first-order chi connectivity index (χ1) is 10.9. The average molecular weight is 290 g/mol. The zero-order valence-corrected chi connectivity index (χ0v) is 12.8. The van der Waals surface area contributed by atoms with Crippen molar-refractivity contribution in [3.8, 4) is 0 Å². The molecule has 1 aromatic heterocycles. The fraction of sp³-hybridized carbons (Fsp3) is 0.350. The molecule has 3 atom stereocenters. The molecular weight excluding hydrogens is 268 g/mol. The summed E-state index contributed by atoms with van der Waals surface area (Å²) in [7, 11) is 0. The highest BCUT2D eigenvalue weighted by Gasteiger charge is 2.37. The maximum atomic E-state index is 4.27. The fourth-order valence-corrected chi connectivity index (χ4v) is 4.03. The summed E-state index contributed by atoms with van der Waals surface area (Å²) >= 11 is 0. The third-order valence-electron chi connectivity index (χ3n) is 5.01. The van der Waals surface area contributed by atoms with E-state index in [2.05, 4.69) is 58.4 Å². The molecule has 3 aliphatic rings. The van der Waals surface area contributed by atoms with Crippen LogP contribution in [0.2, 0.25) is 0 Å². The second-order valence-electron chi connectivity index (χ2n) is 6.61. The molecule has 5 rings (SSSR count). The summed E-state index contributed by atoms with van der Waals surface area (Å²) in [6, 6.07) is 15.7. The summed E-state index contributed by atoms with van der Waals surface area (Å²) in [6.07, 6.45) is 11.2. The number of hydrogen-bond donors (Lipinski definition) is 0. The van der Waals surface area contributed by atoms with E-state index in [-0.39, 0.29) is 0 Å². The zero-order valence-electron chi connectivity index (χ0n) is 12.8. The van der Waals surface area contributed by atoms with E-state index in [4.69, 9.17) is 0 Å². The predicted molar refractivity (Wildman–Crippen MR) is 89.3 cm³/mol. The van der Waals surface area contributed by atoms with E-state index < -0.39 is 0 Å². The van der Waals surface area contributed by atoms with Crippen molar-refractivity contribution in [2.24, 2.45) is 11.8 Å². The van der Waals surface area contributed by atoms with E-state index >= 15 is 0 Å². The SMILES string of the molecule is C1=CC2C(Cc3cccnc3)CC1CN2Cc1ccccc1.